The van der Waals surface area contributed by atoms with Crippen LogP contribution in [0.15, 0.2) is 46.0 Å². The third-order valence-electron chi connectivity index (χ3n) is 3.69. The summed E-state index contributed by atoms with van der Waals surface area (Å²) >= 11 is 1.01. The number of carbonyl (C=O) groups excluding carboxylic acids is 2. The molecule has 6 nitrogen and oxygen atoms in total. The molecule has 1 aliphatic rings. The molecule has 1 N–H and O–H groups in total. The van der Waals surface area contributed by atoms with E-state index in [1.54, 1.807) is 5.38 Å². The van der Waals surface area contributed by atoms with Gasteiger partial charge in [-0.2, -0.15) is 0 Å². The number of hydrogen-bond acceptors (Lipinski definition) is 5. The largest absolute Gasteiger partial charge is 0.351 e. The van der Waals surface area contributed by atoms with Crippen LogP contribution in [-0.4, -0.2) is 31.6 Å². The monoisotopic (exact) mass is 350 g/mol. The van der Waals surface area contributed by atoms with Gasteiger partial charge in [0.1, 0.15) is 10.1 Å². The number of hydrogen-bond donors (Lipinski definition) is 1. The number of fused-ring (bicyclic) bond motifs is 1. The van der Waals surface area contributed by atoms with E-state index in [-0.39, 0.29) is 16.3 Å². The SMILES string of the molecule is CN1C(=O)C(C(=O)NCc2ccccc2)c2ccsc2S1(=O)=O. The maximum atomic E-state index is 12.5. The number of benzene rings is 1. The molecule has 1 atom stereocenters. The number of carbonyl (C=O) groups is 2. The van der Waals surface area contributed by atoms with Crippen LogP contribution in [-0.2, 0) is 26.2 Å². The summed E-state index contributed by atoms with van der Waals surface area (Å²) in [6.45, 7) is 0.277. The van der Waals surface area contributed by atoms with Crippen molar-refractivity contribution in [1.82, 2.24) is 9.62 Å². The summed E-state index contributed by atoms with van der Waals surface area (Å²) in [6, 6.07) is 10.8. The van der Waals surface area contributed by atoms with E-state index in [0.717, 1.165) is 16.9 Å². The second kappa shape index (κ2) is 5.78. The van der Waals surface area contributed by atoms with Gasteiger partial charge < -0.3 is 5.32 Å². The van der Waals surface area contributed by atoms with Crippen molar-refractivity contribution in [3.05, 3.63) is 52.9 Å². The Morgan fingerprint density at radius 3 is 2.65 bits per heavy atom. The van der Waals surface area contributed by atoms with Gasteiger partial charge >= 0.3 is 0 Å². The van der Waals surface area contributed by atoms with Crippen molar-refractivity contribution < 1.29 is 18.0 Å². The van der Waals surface area contributed by atoms with Crippen molar-refractivity contribution in [3.63, 3.8) is 0 Å². The Kier molecular flexibility index (Phi) is 3.95. The van der Waals surface area contributed by atoms with Crippen molar-refractivity contribution in [3.8, 4) is 0 Å². The Morgan fingerprint density at radius 1 is 1.26 bits per heavy atom. The van der Waals surface area contributed by atoms with E-state index >= 15 is 0 Å². The highest BCUT2D eigenvalue weighted by molar-refractivity contribution is 7.91. The van der Waals surface area contributed by atoms with E-state index in [9.17, 15) is 18.0 Å². The molecule has 8 heteroatoms. The van der Waals surface area contributed by atoms with E-state index in [0.29, 0.717) is 4.31 Å². The molecule has 0 fully saturated rings. The molecule has 0 saturated heterocycles. The lowest BCUT2D eigenvalue weighted by molar-refractivity contribution is -0.134. The fourth-order valence-corrected chi connectivity index (χ4v) is 5.15. The predicted octanol–water partition coefficient (Wildman–Crippen LogP) is 1.31. The van der Waals surface area contributed by atoms with Crippen molar-refractivity contribution in [1.29, 1.82) is 0 Å². The van der Waals surface area contributed by atoms with Gasteiger partial charge in [0.15, 0.2) is 0 Å². The molecule has 1 aromatic heterocycles. The average Bonchev–Trinajstić information content (AvgIpc) is 3.02. The summed E-state index contributed by atoms with van der Waals surface area (Å²) < 4.78 is 25.1. The van der Waals surface area contributed by atoms with Gasteiger partial charge in [0.25, 0.3) is 15.9 Å². The molecule has 3 rings (SSSR count). The summed E-state index contributed by atoms with van der Waals surface area (Å²) in [5, 5.41) is 4.28. The van der Waals surface area contributed by atoms with E-state index in [1.807, 2.05) is 30.3 Å². The highest BCUT2D eigenvalue weighted by Crippen LogP contribution is 2.37. The molecule has 2 heterocycles. The number of nitrogens with zero attached hydrogens (tertiary/aromatic N) is 1. The zero-order valence-electron chi connectivity index (χ0n) is 12.2. The number of amides is 2. The van der Waals surface area contributed by atoms with Gasteiger partial charge in [0, 0.05) is 19.2 Å². The van der Waals surface area contributed by atoms with Gasteiger partial charge in [0.2, 0.25) is 5.91 Å². The van der Waals surface area contributed by atoms with Gasteiger partial charge in [0.05, 0.1) is 0 Å². The van der Waals surface area contributed by atoms with Crippen LogP contribution in [0.5, 0.6) is 0 Å². The molecule has 0 bridgehead atoms. The molecule has 0 radical (unpaired) electrons. The van der Waals surface area contributed by atoms with Crippen LogP contribution >= 0.6 is 11.3 Å². The molecule has 0 saturated carbocycles. The van der Waals surface area contributed by atoms with Gasteiger partial charge in [-0.25, -0.2) is 12.7 Å². The Labute approximate surface area is 137 Å². The third-order valence-corrected chi connectivity index (χ3v) is 6.94. The zero-order valence-corrected chi connectivity index (χ0v) is 13.9. The summed E-state index contributed by atoms with van der Waals surface area (Å²) in [7, 11) is -2.66. The van der Waals surface area contributed by atoms with Crippen LogP contribution < -0.4 is 5.32 Å². The minimum absolute atomic E-state index is 0.0551. The number of rotatable bonds is 3. The first-order chi connectivity index (χ1) is 10.9. The lowest BCUT2D eigenvalue weighted by Crippen LogP contribution is -2.46. The van der Waals surface area contributed by atoms with Gasteiger partial charge in [-0.1, -0.05) is 30.3 Å². The molecule has 1 unspecified atom stereocenters. The molecular formula is C15H14N2O4S2. The number of nitrogens with one attached hydrogen (secondary N) is 1. The fraction of sp³-hybridized carbons (Fsp3) is 0.200. The summed E-state index contributed by atoms with van der Waals surface area (Å²) in [6.07, 6.45) is 0. The lowest BCUT2D eigenvalue weighted by atomic mass is 10.00. The van der Waals surface area contributed by atoms with E-state index in [1.165, 1.54) is 13.1 Å². The summed E-state index contributed by atoms with van der Waals surface area (Å²) in [5.41, 5.74) is 1.15. The van der Waals surface area contributed by atoms with Gasteiger partial charge in [-0.3, -0.25) is 9.59 Å². The summed E-state index contributed by atoms with van der Waals surface area (Å²) in [5.74, 6) is -2.37. The molecule has 2 amide bonds. The second-order valence-electron chi connectivity index (χ2n) is 5.11. The Bertz CT molecular complexity index is 859. The topological polar surface area (TPSA) is 83.6 Å². The van der Waals surface area contributed by atoms with Crippen LogP contribution in [0, 0.1) is 0 Å². The van der Waals surface area contributed by atoms with Crippen molar-refractivity contribution >= 4 is 33.2 Å². The summed E-state index contributed by atoms with van der Waals surface area (Å²) in [4.78, 5) is 24.8. The van der Waals surface area contributed by atoms with Crippen LogP contribution in [0.2, 0.25) is 0 Å². The van der Waals surface area contributed by atoms with Crippen molar-refractivity contribution in [2.24, 2.45) is 0 Å². The maximum Gasteiger partial charge on any atom is 0.276 e. The first-order valence-corrected chi connectivity index (χ1v) is 9.16. The minimum Gasteiger partial charge on any atom is -0.351 e. The Morgan fingerprint density at radius 2 is 1.96 bits per heavy atom. The van der Waals surface area contributed by atoms with Gasteiger partial charge in [-0.05, 0) is 17.0 Å². The van der Waals surface area contributed by atoms with E-state index in [2.05, 4.69) is 5.32 Å². The standard InChI is InChI=1S/C15H14N2O4S2/c1-17-14(19)12(11-7-8-22-15(11)23(17,20)21)13(18)16-9-10-5-3-2-4-6-10/h2-8,12H,9H2,1H3,(H,16,18). The normalized spacial score (nSPS) is 19.3. The molecule has 120 valence electrons. The maximum absolute atomic E-state index is 12.5. The molecule has 2 aromatic rings. The molecule has 1 aromatic carbocycles. The van der Waals surface area contributed by atoms with Crippen LogP contribution in [0.3, 0.4) is 0 Å². The Hall–Kier alpha value is -2.19. The smallest absolute Gasteiger partial charge is 0.276 e. The molecule has 0 aliphatic carbocycles. The van der Waals surface area contributed by atoms with E-state index in [4.69, 9.17) is 0 Å². The average molecular weight is 350 g/mol. The van der Waals surface area contributed by atoms with Crippen LogP contribution in [0.4, 0.5) is 0 Å². The second-order valence-corrected chi connectivity index (χ2v) is 8.19. The van der Waals surface area contributed by atoms with Crippen LogP contribution in [0.1, 0.15) is 17.0 Å². The molecular weight excluding hydrogens is 336 g/mol. The Balaban J connectivity index is 1.87. The number of sulfonamides is 1. The fourth-order valence-electron chi connectivity index (χ4n) is 2.43. The lowest BCUT2D eigenvalue weighted by Gasteiger charge is -2.28. The number of thiophene rings is 1. The molecule has 1 aliphatic heterocycles. The zero-order chi connectivity index (χ0) is 16.6. The van der Waals surface area contributed by atoms with Gasteiger partial charge in [-0.15, -0.1) is 11.3 Å². The molecule has 0 spiro atoms. The minimum atomic E-state index is -3.84. The highest BCUT2D eigenvalue weighted by Gasteiger charge is 2.45. The highest BCUT2D eigenvalue weighted by atomic mass is 32.2. The van der Waals surface area contributed by atoms with Crippen LogP contribution in [0.25, 0.3) is 0 Å². The quantitative estimate of drug-likeness (QED) is 0.846. The first kappa shape index (κ1) is 15.7. The number of likely N-dealkylation sites (N-methyl/N-ethyl adjacent to an activating group) is 1. The third kappa shape index (κ3) is 2.64. The van der Waals surface area contributed by atoms with E-state index < -0.39 is 27.8 Å². The van der Waals surface area contributed by atoms with Crippen molar-refractivity contribution in [2.75, 3.05) is 7.05 Å². The predicted molar refractivity (Wildman–Crippen MR) is 85.3 cm³/mol. The van der Waals surface area contributed by atoms with Crippen molar-refractivity contribution in [2.45, 2.75) is 16.7 Å². The molecule has 23 heavy (non-hydrogen) atoms. The first-order valence-electron chi connectivity index (χ1n) is 6.84.